The van der Waals surface area contributed by atoms with Gasteiger partial charge in [-0.05, 0) is 55.2 Å². The van der Waals surface area contributed by atoms with E-state index in [1.807, 2.05) is 30.6 Å². The lowest BCUT2D eigenvalue weighted by molar-refractivity contribution is 0.123. The zero-order chi connectivity index (χ0) is 21.5. The van der Waals surface area contributed by atoms with Crippen LogP contribution in [0.3, 0.4) is 0 Å². The first kappa shape index (κ1) is 21.9. The van der Waals surface area contributed by atoms with Gasteiger partial charge in [-0.25, -0.2) is 4.79 Å². The minimum atomic E-state index is -0.174. The Morgan fingerprint density at radius 1 is 1.10 bits per heavy atom. The van der Waals surface area contributed by atoms with Gasteiger partial charge in [0.1, 0.15) is 0 Å². The topological polar surface area (TPSA) is 69.7 Å². The van der Waals surface area contributed by atoms with E-state index in [1.165, 1.54) is 5.56 Å². The standard InChI is InChI=1S/C23H30ClN5O2/c24-19-1-2-22(29-13-15-31-16-14-29)21(17-19)27-23(30)26-20-6-11-28(12-7-20)10-5-18-3-8-25-9-4-18/h1-4,8-9,17,20H,5-7,10-16H2,(H2,26,27,30). The van der Waals surface area contributed by atoms with Gasteiger partial charge in [0.2, 0.25) is 0 Å². The van der Waals surface area contributed by atoms with Crippen molar-refractivity contribution in [3.63, 3.8) is 0 Å². The van der Waals surface area contributed by atoms with Crippen LogP contribution in [0.25, 0.3) is 0 Å². The summed E-state index contributed by atoms with van der Waals surface area (Å²) in [6.45, 7) is 6.00. The van der Waals surface area contributed by atoms with Crippen LogP contribution >= 0.6 is 11.6 Å². The molecule has 0 unspecified atom stereocenters. The third-order valence-corrected chi connectivity index (χ3v) is 6.18. The minimum Gasteiger partial charge on any atom is -0.378 e. The number of carbonyl (C=O) groups excluding carboxylic acids is 1. The van der Waals surface area contributed by atoms with Crippen molar-refractivity contribution < 1.29 is 9.53 Å². The molecule has 2 amide bonds. The summed E-state index contributed by atoms with van der Waals surface area (Å²) in [7, 11) is 0. The van der Waals surface area contributed by atoms with Crippen molar-refractivity contribution in [1.82, 2.24) is 15.2 Å². The van der Waals surface area contributed by atoms with Crippen molar-refractivity contribution >= 4 is 29.0 Å². The van der Waals surface area contributed by atoms with Crippen LogP contribution in [0, 0.1) is 0 Å². The molecule has 1 aromatic carbocycles. The Morgan fingerprint density at radius 2 is 1.84 bits per heavy atom. The molecule has 2 aliphatic heterocycles. The summed E-state index contributed by atoms with van der Waals surface area (Å²) in [5, 5.41) is 6.76. The quantitative estimate of drug-likeness (QED) is 0.716. The molecule has 2 N–H and O–H groups in total. The van der Waals surface area contributed by atoms with Gasteiger partial charge in [-0.1, -0.05) is 11.6 Å². The third kappa shape index (κ3) is 6.32. The number of likely N-dealkylation sites (tertiary alicyclic amines) is 1. The molecular weight excluding hydrogens is 414 g/mol. The number of amides is 2. The van der Waals surface area contributed by atoms with Gasteiger partial charge in [0, 0.05) is 56.2 Å². The van der Waals surface area contributed by atoms with Crippen LogP contribution in [0.15, 0.2) is 42.7 Å². The number of halogens is 1. The maximum absolute atomic E-state index is 12.7. The summed E-state index contributed by atoms with van der Waals surface area (Å²) >= 11 is 6.20. The molecule has 2 fully saturated rings. The third-order valence-electron chi connectivity index (χ3n) is 5.95. The van der Waals surface area contributed by atoms with Gasteiger partial charge < -0.3 is 25.2 Å². The van der Waals surface area contributed by atoms with E-state index in [1.54, 1.807) is 0 Å². The van der Waals surface area contributed by atoms with Crippen LogP contribution in [0.4, 0.5) is 16.2 Å². The number of carbonyl (C=O) groups is 1. The highest BCUT2D eigenvalue weighted by molar-refractivity contribution is 6.31. The van der Waals surface area contributed by atoms with Gasteiger partial charge >= 0.3 is 6.03 Å². The zero-order valence-corrected chi connectivity index (χ0v) is 18.5. The number of urea groups is 1. The van der Waals surface area contributed by atoms with Crippen LogP contribution < -0.4 is 15.5 Å². The van der Waals surface area contributed by atoms with Crippen molar-refractivity contribution in [2.75, 3.05) is 56.2 Å². The Balaban J connectivity index is 1.25. The van der Waals surface area contributed by atoms with Crippen LogP contribution in [0.1, 0.15) is 18.4 Å². The zero-order valence-electron chi connectivity index (χ0n) is 17.7. The molecule has 0 bridgehead atoms. The summed E-state index contributed by atoms with van der Waals surface area (Å²) in [6, 6.07) is 9.78. The van der Waals surface area contributed by atoms with E-state index in [0.29, 0.717) is 18.2 Å². The fourth-order valence-corrected chi connectivity index (χ4v) is 4.34. The molecule has 1 aromatic heterocycles. The lowest BCUT2D eigenvalue weighted by atomic mass is 10.0. The summed E-state index contributed by atoms with van der Waals surface area (Å²) in [5.41, 5.74) is 3.03. The van der Waals surface area contributed by atoms with Crippen molar-refractivity contribution in [3.05, 3.63) is 53.3 Å². The molecule has 166 valence electrons. The van der Waals surface area contributed by atoms with Crippen molar-refractivity contribution in [1.29, 1.82) is 0 Å². The van der Waals surface area contributed by atoms with Crippen molar-refractivity contribution in [2.45, 2.75) is 25.3 Å². The summed E-state index contributed by atoms with van der Waals surface area (Å²) in [6.07, 6.45) is 6.62. The van der Waals surface area contributed by atoms with E-state index in [-0.39, 0.29) is 12.1 Å². The highest BCUT2D eigenvalue weighted by Crippen LogP contribution is 2.30. The minimum absolute atomic E-state index is 0.174. The number of pyridine rings is 1. The normalized spacial score (nSPS) is 18.0. The fourth-order valence-electron chi connectivity index (χ4n) is 4.17. The Kier molecular flexibility index (Phi) is 7.61. The highest BCUT2D eigenvalue weighted by atomic mass is 35.5. The molecule has 3 heterocycles. The molecule has 2 aliphatic rings. The molecule has 2 saturated heterocycles. The number of benzene rings is 1. The van der Waals surface area contributed by atoms with Gasteiger partial charge in [0.05, 0.1) is 24.6 Å². The first-order chi connectivity index (χ1) is 15.2. The Bertz CT molecular complexity index is 852. The average molecular weight is 444 g/mol. The number of morpholine rings is 1. The van der Waals surface area contributed by atoms with E-state index in [0.717, 1.165) is 63.4 Å². The number of hydrogen-bond donors (Lipinski definition) is 2. The summed E-state index contributed by atoms with van der Waals surface area (Å²) in [4.78, 5) is 21.4. The predicted octanol–water partition coefficient (Wildman–Crippen LogP) is 3.40. The maximum atomic E-state index is 12.7. The summed E-state index contributed by atoms with van der Waals surface area (Å²) < 4.78 is 5.44. The van der Waals surface area contributed by atoms with Crippen LogP contribution in [0.5, 0.6) is 0 Å². The SMILES string of the molecule is O=C(Nc1cc(Cl)ccc1N1CCOCC1)NC1CCN(CCc2ccncc2)CC1. The molecule has 0 aliphatic carbocycles. The van der Waals surface area contributed by atoms with Crippen LogP contribution in [-0.4, -0.2) is 67.9 Å². The molecule has 0 radical (unpaired) electrons. The Morgan fingerprint density at radius 3 is 2.58 bits per heavy atom. The van der Waals surface area contributed by atoms with Crippen LogP contribution in [-0.2, 0) is 11.2 Å². The molecule has 7 nitrogen and oxygen atoms in total. The largest absolute Gasteiger partial charge is 0.378 e. The number of anilines is 2. The van der Waals surface area contributed by atoms with Gasteiger partial charge in [-0.3, -0.25) is 4.98 Å². The number of rotatable bonds is 6. The van der Waals surface area contributed by atoms with Crippen LogP contribution in [0.2, 0.25) is 5.02 Å². The molecule has 0 saturated carbocycles. The lowest BCUT2D eigenvalue weighted by Crippen LogP contribution is -2.46. The average Bonchev–Trinajstić information content (AvgIpc) is 2.80. The fraction of sp³-hybridized carbons (Fsp3) is 0.478. The van der Waals surface area contributed by atoms with Crippen molar-refractivity contribution in [2.24, 2.45) is 0 Å². The summed E-state index contributed by atoms with van der Waals surface area (Å²) in [5.74, 6) is 0. The van der Waals surface area contributed by atoms with E-state index >= 15 is 0 Å². The van der Waals surface area contributed by atoms with Gasteiger partial charge in [0.15, 0.2) is 0 Å². The highest BCUT2D eigenvalue weighted by Gasteiger charge is 2.22. The smallest absolute Gasteiger partial charge is 0.319 e. The first-order valence-electron chi connectivity index (χ1n) is 11.0. The second-order valence-corrected chi connectivity index (χ2v) is 8.52. The molecule has 4 rings (SSSR count). The molecule has 31 heavy (non-hydrogen) atoms. The number of hydrogen-bond acceptors (Lipinski definition) is 5. The Hall–Kier alpha value is -2.35. The number of piperidine rings is 1. The predicted molar refractivity (Wildman–Crippen MR) is 124 cm³/mol. The Labute approximate surface area is 188 Å². The molecule has 0 atom stereocenters. The maximum Gasteiger partial charge on any atom is 0.319 e. The lowest BCUT2D eigenvalue weighted by Gasteiger charge is -2.33. The first-order valence-corrected chi connectivity index (χ1v) is 11.4. The molecule has 0 spiro atoms. The number of ether oxygens (including phenoxy) is 1. The van der Waals surface area contributed by atoms with E-state index in [9.17, 15) is 4.79 Å². The van der Waals surface area contributed by atoms with E-state index in [4.69, 9.17) is 16.3 Å². The number of nitrogens with one attached hydrogen (secondary N) is 2. The molecular formula is C23H30ClN5O2. The van der Waals surface area contributed by atoms with Gasteiger partial charge in [0.25, 0.3) is 0 Å². The van der Waals surface area contributed by atoms with E-state index < -0.39 is 0 Å². The monoisotopic (exact) mass is 443 g/mol. The van der Waals surface area contributed by atoms with Gasteiger partial charge in [-0.2, -0.15) is 0 Å². The molecule has 8 heteroatoms. The molecule has 2 aromatic rings. The number of nitrogens with zero attached hydrogens (tertiary/aromatic N) is 3. The van der Waals surface area contributed by atoms with E-state index in [2.05, 4.69) is 37.6 Å². The second kappa shape index (κ2) is 10.8. The van der Waals surface area contributed by atoms with Gasteiger partial charge in [-0.15, -0.1) is 0 Å². The second-order valence-electron chi connectivity index (χ2n) is 8.08. The van der Waals surface area contributed by atoms with Crippen molar-refractivity contribution in [3.8, 4) is 0 Å². The number of aromatic nitrogens is 1.